The maximum atomic E-state index is 13.2. The van der Waals surface area contributed by atoms with Crippen molar-refractivity contribution >= 4 is 48.8 Å². The topological polar surface area (TPSA) is 43.1 Å². The van der Waals surface area contributed by atoms with Crippen molar-refractivity contribution < 1.29 is 9.18 Å². The molecule has 2 aromatic carbocycles. The highest BCUT2D eigenvalue weighted by Crippen LogP contribution is 2.30. The number of hydrogen-bond donors (Lipinski definition) is 1. The smallest absolute Gasteiger partial charge is 0.204 e. The van der Waals surface area contributed by atoms with Crippen molar-refractivity contribution in [2.75, 3.05) is 5.73 Å². The van der Waals surface area contributed by atoms with Gasteiger partial charge in [-0.25, -0.2) is 4.39 Å². The molecule has 0 aliphatic carbocycles. The molecular formula is C15H9BrFNOS. The van der Waals surface area contributed by atoms with E-state index in [1.807, 2.05) is 0 Å². The molecule has 3 aromatic rings. The van der Waals surface area contributed by atoms with Crippen LogP contribution in [0, 0.1) is 5.82 Å². The van der Waals surface area contributed by atoms with Gasteiger partial charge in [0.15, 0.2) is 0 Å². The molecule has 0 bridgehead atoms. The monoisotopic (exact) mass is 349 g/mol. The number of carbonyl (C=O) groups is 1. The third kappa shape index (κ3) is 2.34. The van der Waals surface area contributed by atoms with E-state index in [2.05, 4.69) is 15.9 Å². The standard InChI is InChI=1S/C15H9BrFNOS/c16-12-7-10(18)3-4-11(12)15(19)14-5-8-1-2-9(17)6-13(8)20-14/h1-7H,18H2. The normalized spacial score (nSPS) is 10.9. The average molecular weight is 350 g/mol. The van der Waals surface area contributed by atoms with Crippen LogP contribution >= 0.6 is 27.3 Å². The molecule has 0 fully saturated rings. The highest BCUT2D eigenvalue weighted by Gasteiger charge is 2.15. The molecule has 2 N–H and O–H groups in total. The molecule has 0 radical (unpaired) electrons. The Labute approximate surface area is 127 Å². The molecule has 0 spiro atoms. The van der Waals surface area contributed by atoms with Gasteiger partial charge in [0.05, 0.1) is 4.88 Å². The maximum Gasteiger partial charge on any atom is 0.204 e. The zero-order valence-corrected chi connectivity index (χ0v) is 12.6. The fourth-order valence-corrected chi connectivity index (χ4v) is 3.58. The average Bonchev–Trinajstić information content (AvgIpc) is 2.81. The highest BCUT2D eigenvalue weighted by molar-refractivity contribution is 9.10. The predicted molar refractivity (Wildman–Crippen MR) is 83.8 cm³/mol. The van der Waals surface area contributed by atoms with Crippen LogP contribution in [0.1, 0.15) is 15.2 Å². The molecule has 0 saturated carbocycles. The first kappa shape index (κ1) is 13.3. The molecule has 20 heavy (non-hydrogen) atoms. The van der Waals surface area contributed by atoms with Gasteiger partial charge in [-0.15, -0.1) is 11.3 Å². The van der Waals surface area contributed by atoms with Crippen LogP contribution in [0.5, 0.6) is 0 Å². The first-order valence-corrected chi connectivity index (χ1v) is 7.44. The quantitative estimate of drug-likeness (QED) is 0.542. The summed E-state index contributed by atoms with van der Waals surface area (Å²) >= 11 is 4.63. The summed E-state index contributed by atoms with van der Waals surface area (Å²) in [6.45, 7) is 0. The first-order valence-electron chi connectivity index (χ1n) is 5.83. The van der Waals surface area contributed by atoms with Crippen LogP contribution in [0.25, 0.3) is 10.1 Å². The lowest BCUT2D eigenvalue weighted by molar-refractivity contribution is 0.104. The van der Waals surface area contributed by atoms with E-state index in [4.69, 9.17) is 5.73 Å². The minimum Gasteiger partial charge on any atom is -0.399 e. The van der Waals surface area contributed by atoms with Crippen molar-refractivity contribution in [2.45, 2.75) is 0 Å². The van der Waals surface area contributed by atoms with Gasteiger partial charge in [-0.05, 0) is 57.7 Å². The van der Waals surface area contributed by atoms with E-state index in [1.165, 1.54) is 23.5 Å². The second-order valence-corrected chi connectivity index (χ2v) is 6.30. The van der Waals surface area contributed by atoms with Gasteiger partial charge in [-0.1, -0.05) is 6.07 Å². The summed E-state index contributed by atoms with van der Waals surface area (Å²) in [6.07, 6.45) is 0. The Kier molecular flexibility index (Phi) is 3.31. The number of nitrogen functional groups attached to an aromatic ring is 1. The summed E-state index contributed by atoms with van der Waals surface area (Å²) in [5.74, 6) is -0.398. The molecule has 2 nitrogen and oxygen atoms in total. The minimum atomic E-state index is -0.299. The lowest BCUT2D eigenvalue weighted by atomic mass is 10.1. The Balaban J connectivity index is 2.08. The van der Waals surface area contributed by atoms with Crippen molar-refractivity contribution in [3.05, 3.63) is 63.2 Å². The number of ketones is 1. The van der Waals surface area contributed by atoms with E-state index in [9.17, 15) is 9.18 Å². The molecule has 0 saturated heterocycles. The Hall–Kier alpha value is -1.72. The van der Waals surface area contributed by atoms with Gasteiger partial charge in [0.1, 0.15) is 5.82 Å². The largest absolute Gasteiger partial charge is 0.399 e. The summed E-state index contributed by atoms with van der Waals surface area (Å²) in [7, 11) is 0. The number of hydrogen-bond acceptors (Lipinski definition) is 3. The second-order valence-electron chi connectivity index (χ2n) is 4.36. The van der Waals surface area contributed by atoms with Gasteiger partial charge >= 0.3 is 0 Å². The van der Waals surface area contributed by atoms with Crippen LogP contribution in [0.3, 0.4) is 0 Å². The number of carbonyl (C=O) groups excluding carboxylic acids is 1. The third-order valence-corrected chi connectivity index (χ3v) is 4.70. The Morgan fingerprint density at radius 3 is 2.70 bits per heavy atom. The van der Waals surface area contributed by atoms with Crippen molar-refractivity contribution in [1.82, 2.24) is 0 Å². The zero-order chi connectivity index (χ0) is 14.3. The molecule has 3 rings (SSSR count). The number of benzene rings is 2. The molecule has 0 amide bonds. The number of anilines is 1. The van der Waals surface area contributed by atoms with Crippen LogP contribution in [0.15, 0.2) is 46.9 Å². The number of rotatable bonds is 2. The predicted octanol–water partition coefficient (Wildman–Crippen LogP) is 4.62. The fraction of sp³-hybridized carbons (Fsp3) is 0. The van der Waals surface area contributed by atoms with E-state index in [-0.39, 0.29) is 11.6 Å². The summed E-state index contributed by atoms with van der Waals surface area (Å²) in [5.41, 5.74) is 6.80. The lowest BCUT2D eigenvalue weighted by Gasteiger charge is -2.02. The van der Waals surface area contributed by atoms with Crippen molar-refractivity contribution in [3.8, 4) is 0 Å². The van der Waals surface area contributed by atoms with Gasteiger partial charge in [-0.3, -0.25) is 4.79 Å². The minimum absolute atomic E-state index is 0.0986. The van der Waals surface area contributed by atoms with E-state index >= 15 is 0 Å². The SMILES string of the molecule is Nc1ccc(C(=O)c2cc3ccc(F)cc3s2)c(Br)c1. The Morgan fingerprint density at radius 1 is 1.15 bits per heavy atom. The maximum absolute atomic E-state index is 13.2. The van der Waals surface area contributed by atoms with Crippen LogP contribution < -0.4 is 5.73 Å². The number of fused-ring (bicyclic) bond motifs is 1. The van der Waals surface area contributed by atoms with E-state index in [1.54, 1.807) is 30.3 Å². The van der Waals surface area contributed by atoms with Gasteiger partial charge in [-0.2, -0.15) is 0 Å². The fourth-order valence-electron chi connectivity index (χ4n) is 1.97. The third-order valence-electron chi connectivity index (χ3n) is 2.94. The molecule has 5 heteroatoms. The van der Waals surface area contributed by atoms with E-state index in [0.29, 0.717) is 20.6 Å². The molecule has 1 heterocycles. The van der Waals surface area contributed by atoms with Crippen LogP contribution in [0.2, 0.25) is 0 Å². The Morgan fingerprint density at radius 2 is 1.95 bits per heavy atom. The molecule has 100 valence electrons. The molecular weight excluding hydrogens is 341 g/mol. The number of thiophene rings is 1. The highest BCUT2D eigenvalue weighted by atomic mass is 79.9. The van der Waals surface area contributed by atoms with E-state index < -0.39 is 0 Å². The molecule has 0 aliphatic rings. The summed E-state index contributed by atoms with van der Waals surface area (Å²) in [4.78, 5) is 13.1. The van der Waals surface area contributed by atoms with Crippen LogP contribution in [-0.4, -0.2) is 5.78 Å². The molecule has 1 aromatic heterocycles. The van der Waals surface area contributed by atoms with Crippen LogP contribution in [-0.2, 0) is 0 Å². The van der Waals surface area contributed by atoms with Gasteiger partial charge in [0.25, 0.3) is 0 Å². The van der Waals surface area contributed by atoms with Gasteiger partial charge in [0.2, 0.25) is 5.78 Å². The lowest BCUT2D eigenvalue weighted by Crippen LogP contribution is -2.00. The van der Waals surface area contributed by atoms with Crippen molar-refractivity contribution in [3.63, 3.8) is 0 Å². The summed E-state index contributed by atoms with van der Waals surface area (Å²) in [5, 5.41) is 0.867. The molecule has 0 atom stereocenters. The van der Waals surface area contributed by atoms with Crippen molar-refractivity contribution in [2.24, 2.45) is 0 Å². The summed E-state index contributed by atoms with van der Waals surface area (Å²) in [6, 6.07) is 11.4. The molecule has 0 unspecified atom stereocenters. The van der Waals surface area contributed by atoms with E-state index in [0.717, 1.165) is 10.1 Å². The van der Waals surface area contributed by atoms with Crippen molar-refractivity contribution in [1.29, 1.82) is 0 Å². The van der Waals surface area contributed by atoms with Crippen LogP contribution in [0.4, 0.5) is 10.1 Å². The zero-order valence-electron chi connectivity index (χ0n) is 10.2. The van der Waals surface area contributed by atoms with Gasteiger partial charge in [0, 0.05) is 20.4 Å². The number of halogens is 2. The van der Waals surface area contributed by atoms with Gasteiger partial charge < -0.3 is 5.73 Å². The number of nitrogens with two attached hydrogens (primary N) is 1. The Bertz CT molecular complexity index is 828. The first-order chi connectivity index (χ1) is 9.54. The second kappa shape index (κ2) is 5.00. The molecule has 0 aliphatic heterocycles. The summed E-state index contributed by atoms with van der Waals surface area (Å²) < 4.78 is 14.6.